The van der Waals surface area contributed by atoms with E-state index in [0.717, 1.165) is 18.3 Å². The minimum atomic E-state index is 0.612. The van der Waals surface area contributed by atoms with Gasteiger partial charge in [0, 0.05) is 6.04 Å². The highest BCUT2D eigenvalue weighted by molar-refractivity contribution is 5.26. The van der Waals surface area contributed by atoms with Gasteiger partial charge in [-0.3, -0.25) is 5.10 Å². The average Bonchev–Trinajstić information content (AvgIpc) is 2.82. The first-order chi connectivity index (χ1) is 8.81. The fourth-order valence-electron chi connectivity index (χ4n) is 2.45. The van der Waals surface area contributed by atoms with Gasteiger partial charge in [-0.15, -0.1) is 0 Å². The first-order valence-electron chi connectivity index (χ1n) is 6.45. The molecule has 0 unspecified atom stereocenters. The monoisotopic (exact) mass is 242 g/mol. The lowest BCUT2D eigenvalue weighted by molar-refractivity contribution is 0.287. The molecule has 1 fully saturated rings. The molecule has 2 N–H and O–H groups in total. The molecule has 0 amide bonds. The molecule has 94 valence electrons. The van der Waals surface area contributed by atoms with Crippen molar-refractivity contribution in [1.29, 1.82) is 0 Å². The van der Waals surface area contributed by atoms with Gasteiger partial charge in [0.25, 0.3) is 0 Å². The molecule has 0 atom stereocenters. The zero-order valence-electron chi connectivity index (χ0n) is 10.6. The summed E-state index contributed by atoms with van der Waals surface area (Å²) < 4.78 is 0. The first kappa shape index (κ1) is 11.4. The van der Waals surface area contributed by atoms with Crippen LogP contribution in [0.15, 0.2) is 30.6 Å². The molecular weight excluding hydrogens is 224 g/mol. The van der Waals surface area contributed by atoms with Gasteiger partial charge in [0.2, 0.25) is 0 Å². The van der Waals surface area contributed by atoms with Gasteiger partial charge in [0.1, 0.15) is 12.2 Å². The molecule has 0 bridgehead atoms. The zero-order chi connectivity index (χ0) is 12.4. The van der Waals surface area contributed by atoms with E-state index in [9.17, 15) is 0 Å². The van der Waals surface area contributed by atoms with Gasteiger partial charge in [-0.1, -0.05) is 29.8 Å². The number of rotatable bonds is 4. The van der Waals surface area contributed by atoms with E-state index in [0.29, 0.717) is 6.04 Å². The quantitative estimate of drug-likeness (QED) is 0.863. The molecule has 0 radical (unpaired) electrons. The predicted molar refractivity (Wildman–Crippen MR) is 70.2 cm³/mol. The Labute approximate surface area is 107 Å². The predicted octanol–water partition coefficient (Wildman–Crippen LogP) is 2.15. The number of benzene rings is 1. The SMILES string of the molecule is Cc1ccc(C2CC(NCc3ncn[nH]3)C2)cc1. The second-order valence-electron chi connectivity index (χ2n) is 5.09. The topological polar surface area (TPSA) is 53.6 Å². The summed E-state index contributed by atoms with van der Waals surface area (Å²) in [4.78, 5) is 4.10. The third-order valence-corrected chi connectivity index (χ3v) is 3.71. The minimum absolute atomic E-state index is 0.612. The van der Waals surface area contributed by atoms with E-state index in [-0.39, 0.29) is 0 Å². The first-order valence-corrected chi connectivity index (χ1v) is 6.45. The van der Waals surface area contributed by atoms with Crippen LogP contribution >= 0.6 is 0 Å². The molecule has 18 heavy (non-hydrogen) atoms. The number of hydrogen-bond acceptors (Lipinski definition) is 3. The van der Waals surface area contributed by atoms with E-state index in [4.69, 9.17) is 0 Å². The highest BCUT2D eigenvalue weighted by Crippen LogP contribution is 2.36. The Balaban J connectivity index is 1.47. The molecule has 4 nitrogen and oxygen atoms in total. The smallest absolute Gasteiger partial charge is 0.138 e. The lowest BCUT2D eigenvalue weighted by Gasteiger charge is -2.36. The number of hydrogen-bond donors (Lipinski definition) is 2. The van der Waals surface area contributed by atoms with Crippen molar-refractivity contribution in [3.05, 3.63) is 47.5 Å². The van der Waals surface area contributed by atoms with Gasteiger partial charge >= 0.3 is 0 Å². The number of nitrogens with one attached hydrogen (secondary N) is 2. The summed E-state index contributed by atoms with van der Waals surface area (Å²) in [6.45, 7) is 2.91. The van der Waals surface area contributed by atoms with Crippen molar-refractivity contribution in [2.75, 3.05) is 0 Å². The Hall–Kier alpha value is -1.68. The summed E-state index contributed by atoms with van der Waals surface area (Å²) in [5.41, 5.74) is 2.80. The zero-order valence-corrected chi connectivity index (χ0v) is 10.6. The Morgan fingerprint density at radius 1 is 1.28 bits per heavy atom. The number of aromatic nitrogens is 3. The molecule has 1 saturated carbocycles. The molecule has 0 aliphatic heterocycles. The number of aryl methyl sites for hydroxylation is 1. The van der Waals surface area contributed by atoms with Gasteiger partial charge in [-0.25, -0.2) is 4.98 Å². The van der Waals surface area contributed by atoms with Crippen LogP contribution in [-0.2, 0) is 6.54 Å². The highest BCUT2D eigenvalue weighted by atomic mass is 15.2. The van der Waals surface area contributed by atoms with Crippen molar-refractivity contribution in [2.24, 2.45) is 0 Å². The molecule has 4 heteroatoms. The van der Waals surface area contributed by atoms with Crippen molar-refractivity contribution in [1.82, 2.24) is 20.5 Å². The van der Waals surface area contributed by atoms with Crippen LogP contribution in [0.3, 0.4) is 0 Å². The number of aromatic amines is 1. The molecule has 1 aliphatic carbocycles. The van der Waals surface area contributed by atoms with E-state index < -0.39 is 0 Å². The van der Waals surface area contributed by atoms with Gasteiger partial charge in [0.05, 0.1) is 6.54 Å². The normalized spacial score (nSPS) is 22.7. The van der Waals surface area contributed by atoms with Crippen LogP contribution in [0.4, 0.5) is 0 Å². The third kappa shape index (κ3) is 2.43. The second kappa shape index (κ2) is 4.90. The van der Waals surface area contributed by atoms with Crippen LogP contribution in [0.1, 0.15) is 35.7 Å². The average molecular weight is 242 g/mol. The van der Waals surface area contributed by atoms with E-state index in [1.165, 1.54) is 24.0 Å². The maximum Gasteiger partial charge on any atom is 0.138 e. The van der Waals surface area contributed by atoms with Gasteiger partial charge in [0.15, 0.2) is 0 Å². The summed E-state index contributed by atoms with van der Waals surface area (Å²) >= 11 is 0. The Kier molecular flexibility index (Phi) is 3.11. The molecule has 0 saturated heterocycles. The standard InChI is InChI=1S/C14H18N4/c1-10-2-4-11(5-3-10)12-6-13(7-12)15-8-14-16-9-17-18-14/h2-5,9,12-13,15H,6-8H2,1H3,(H,16,17,18). The van der Waals surface area contributed by atoms with E-state index >= 15 is 0 Å². The van der Waals surface area contributed by atoms with Crippen LogP contribution in [0.2, 0.25) is 0 Å². The van der Waals surface area contributed by atoms with Gasteiger partial charge in [-0.2, -0.15) is 5.10 Å². The van der Waals surface area contributed by atoms with Crippen molar-refractivity contribution < 1.29 is 0 Å². The fourth-order valence-corrected chi connectivity index (χ4v) is 2.45. The number of H-pyrrole nitrogens is 1. The van der Waals surface area contributed by atoms with Crippen molar-refractivity contribution in [3.8, 4) is 0 Å². The second-order valence-corrected chi connectivity index (χ2v) is 5.09. The summed E-state index contributed by atoms with van der Waals surface area (Å²) in [5, 5.41) is 10.2. The molecule has 1 aliphatic rings. The van der Waals surface area contributed by atoms with E-state index in [1.807, 2.05) is 0 Å². The Morgan fingerprint density at radius 3 is 2.72 bits per heavy atom. The van der Waals surface area contributed by atoms with Crippen LogP contribution in [0.5, 0.6) is 0 Å². The molecule has 0 spiro atoms. The molecular formula is C14H18N4. The van der Waals surface area contributed by atoms with Crippen molar-refractivity contribution in [2.45, 2.75) is 38.3 Å². The molecule has 1 aromatic carbocycles. The lowest BCUT2D eigenvalue weighted by atomic mass is 9.76. The molecule has 1 aromatic heterocycles. The van der Waals surface area contributed by atoms with E-state index in [1.54, 1.807) is 6.33 Å². The van der Waals surface area contributed by atoms with Crippen molar-refractivity contribution >= 4 is 0 Å². The van der Waals surface area contributed by atoms with Gasteiger partial charge < -0.3 is 5.32 Å². The largest absolute Gasteiger partial charge is 0.307 e. The minimum Gasteiger partial charge on any atom is -0.307 e. The van der Waals surface area contributed by atoms with Crippen LogP contribution in [0, 0.1) is 6.92 Å². The summed E-state index contributed by atoms with van der Waals surface area (Å²) in [5.74, 6) is 1.63. The summed E-state index contributed by atoms with van der Waals surface area (Å²) in [6, 6.07) is 9.52. The summed E-state index contributed by atoms with van der Waals surface area (Å²) in [6.07, 6.45) is 3.99. The van der Waals surface area contributed by atoms with Crippen molar-refractivity contribution in [3.63, 3.8) is 0 Å². The molecule has 1 heterocycles. The van der Waals surface area contributed by atoms with E-state index in [2.05, 4.69) is 51.7 Å². The third-order valence-electron chi connectivity index (χ3n) is 3.71. The lowest BCUT2D eigenvalue weighted by Crippen LogP contribution is -2.39. The van der Waals surface area contributed by atoms with Crippen LogP contribution in [-0.4, -0.2) is 21.2 Å². The van der Waals surface area contributed by atoms with Gasteiger partial charge in [-0.05, 0) is 31.2 Å². The van der Waals surface area contributed by atoms with Crippen LogP contribution < -0.4 is 5.32 Å². The highest BCUT2D eigenvalue weighted by Gasteiger charge is 2.29. The summed E-state index contributed by atoms with van der Waals surface area (Å²) in [7, 11) is 0. The van der Waals surface area contributed by atoms with Crippen LogP contribution in [0.25, 0.3) is 0 Å². The maximum atomic E-state index is 4.10. The number of nitrogens with zero attached hydrogens (tertiary/aromatic N) is 2. The fraction of sp³-hybridized carbons (Fsp3) is 0.429. The molecule has 2 aromatic rings. The Morgan fingerprint density at radius 2 is 2.06 bits per heavy atom. The maximum absolute atomic E-state index is 4.10. The Bertz CT molecular complexity index is 483. The molecule has 3 rings (SSSR count).